The summed E-state index contributed by atoms with van der Waals surface area (Å²) in [5, 5.41) is 2.72. The molecule has 2 aromatic carbocycles. The summed E-state index contributed by atoms with van der Waals surface area (Å²) in [6.45, 7) is 3.09. The largest absolute Gasteiger partial charge is 0.491 e. The van der Waals surface area contributed by atoms with Crippen LogP contribution in [-0.4, -0.2) is 43.7 Å². The maximum Gasteiger partial charge on any atom is 0.416 e. The molecule has 168 valence electrons. The van der Waals surface area contributed by atoms with E-state index < -0.39 is 24.3 Å². The second kappa shape index (κ2) is 10.4. The highest BCUT2D eigenvalue weighted by molar-refractivity contribution is 6.32. The molecule has 2 aromatic rings. The highest BCUT2D eigenvalue weighted by Crippen LogP contribution is 2.34. The number of carbonyl (C=O) groups is 1. The molecule has 1 N–H and O–H groups in total. The van der Waals surface area contributed by atoms with Crippen LogP contribution in [0.25, 0.3) is 0 Å². The average Bonchev–Trinajstić information content (AvgIpc) is 3.21. The number of amides is 1. The Morgan fingerprint density at radius 3 is 2.29 bits per heavy atom. The van der Waals surface area contributed by atoms with Gasteiger partial charge in [-0.15, -0.1) is 0 Å². The van der Waals surface area contributed by atoms with E-state index >= 15 is 0 Å². The minimum Gasteiger partial charge on any atom is -0.491 e. The standard InChI is InChI=1S/C21H21Cl2F3N2O3/c22-16-11-14(21(24,25)26)3-5-19(16)31-13-20(29)27-15-4-6-18(17(23)12-15)30-10-9-28-7-1-2-8-28/h3-6,11-12H,1-2,7-10,13H2,(H,27,29). The molecule has 1 amide bonds. The smallest absolute Gasteiger partial charge is 0.416 e. The van der Waals surface area contributed by atoms with Crippen molar-refractivity contribution in [1.29, 1.82) is 0 Å². The molecular weight excluding hydrogens is 456 g/mol. The van der Waals surface area contributed by atoms with E-state index in [1.54, 1.807) is 18.2 Å². The third-order valence-corrected chi connectivity index (χ3v) is 5.29. The lowest BCUT2D eigenvalue weighted by Crippen LogP contribution is -2.25. The van der Waals surface area contributed by atoms with Crippen molar-refractivity contribution in [3.63, 3.8) is 0 Å². The van der Waals surface area contributed by atoms with Crippen LogP contribution in [0.15, 0.2) is 36.4 Å². The predicted molar refractivity (Wildman–Crippen MR) is 113 cm³/mol. The predicted octanol–water partition coefficient (Wildman–Crippen LogP) is 5.50. The van der Waals surface area contributed by atoms with Gasteiger partial charge in [-0.25, -0.2) is 0 Å². The van der Waals surface area contributed by atoms with Crippen molar-refractivity contribution in [2.75, 3.05) is 38.2 Å². The van der Waals surface area contributed by atoms with E-state index in [2.05, 4.69) is 10.2 Å². The van der Waals surface area contributed by atoms with Crippen LogP contribution in [0, 0.1) is 0 Å². The highest BCUT2D eigenvalue weighted by Gasteiger charge is 2.31. The quantitative estimate of drug-likeness (QED) is 0.546. The van der Waals surface area contributed by atoms with Gasteiger partial charge in [0.05, 0.1) is 15.6 Å². The van der Waals surface area contributed by atoms with E-state index in [1.165, 1.54) is 12.8 Å². The Labute approximate surface area is 188 Å². The van der Waals surface area contributed by atoms with Gasteiger partial charge in [-0.05, 0) is 62.3 Å². The Bertz CT molecular complexity index is 919. The molecule has 0 unspecified atom stereocenters. The lowest BCUT2D eigenvalue weighted by molar-refractivity contribution is -0.137. The molecule has 0 radical (unpaired) electrons. The van der Waals surface area contributed by atoms with Crippen molar-refractivity contribution < 1.29 is 27.4 Å². The summed E-state index contributed by atoms with van der Waals surface area (Å²) in [4.78, 5) is 14.4. The Morgan fingerprint density at radius 1 is 1.00 bits per heavy atom. The van der Waals surface area contributed by atoms with Crippen molar-refractivity contribution >= 4 is 34.8 Å². The van der Waals surface area contributed by atoms with Crippen molar-refractivity contribution in [2.24, 2.45) is 0 Å². The Morgan fingerprint density at radius 2 is 1.65 bits per heavy atom. The summed E-state index contributed by atoms with van der Waals surface area (Å²) < 4.78 is 48.9. The molecule has 0 aliphatic carbocycles. The number of hydrogen-bond donors (Lipinski definition) is 1. The number of hydrogen-bond acceptors (Lipinski definition) is 4. The molecule has 0 aromatic heterocycles. The summed E-state index contributed by atoms with van der Waals surface area (Å²) in [5.74, 6) is -0.0222. The SMILES string of the molecule is O=C(COc1ccc(C(F)(F)F)cc1Cl)Nc1ccc(OCCN2CCCC2)c(Cl)c1. The molecule has 1 aliphatic rings. The van der Waals surface area contributed by atoms with E-state index in [-0.39, 0.29) is 10.8 Å². The number of anilines is 1. The Balaban J connectivity index is 1.48. The fourth-order valence-electron chi connectivity index (χ4n) is 3.12. The lowest BCUT2D eigenvalue weighted by Gasteiger charge is -2.16. The van der Waals surface area contributed by atoms with Crippen molar-refractivity contribution in [3.8, 4) is 11.5 Å². The average molecular weight is 477 g/mol. The first kappa shape index (κ1) is 23.5. The normalized spacial score (nSPS) is 14.5. The van der Waals surface area contributed by atoms with E-state index in [0.717, 1.165) is 37.8 Å². The van der Waals surface area contributed by atoms with Crippen molar-refractivity contribution in [2.45, 2.75) is 19.0 Å². The Kier molecular flexibility index (Phi) is 7.91. The fourth-order valence-corrected chi connectivity index (χ4v) is 3.59. The van der Waals surface area contributed by atoms with Crippen LogP contribution >= 0.6 is 23.2 Å². The number of halogens is 5. The van der Waals surface area contributed by atoms with Gasteiger partial charge < -0.3 is 14.8 Å². The molecule has 0 spiro atoms. The van der Waals surface area contributed by atoms with Crippen LogP contribution in [0.5, 0.6) is 11.5 Å². The summed E-state index contributed by atoms with van der Waals surface area (Å²) in [6.07, 6.45) is -2.09. The van der Waals surface area contributed by atoms with Crippen LogP contribution in [0.4, 0.5) is 18.9 Å². The number of benzene rings is 2. The van der Waals surface area contributed by atoms with E-state index in [0.29, 0.717) is 23.1 Å². The van der Waals surface area contributed by atoms with E-state index in [9.17, 15) is 18.0 Å². The van der Waals surface area contributed by atoms with Crippen molar-refractivity contribution in [1.82, 2.24) is 4.90 Å². The number of nitrogens with one attached hydrogen (secondary N) is 1. The van der Waals surface area contributed by atoms with Gasteiger partial charge in [-0.3, -0.25) is 9.69 Å². The maximum atomic E-state index is 12.7. The van der Waals surface area contributed by atoms with Crippen LogP contribution in [-0.2, 0) is 11.0 Å². The first-order chi connectivity index (χ1) is 14.7. The van der Waals surface area contributed by atoms with E-state index in [1.807, 2.05) is 0 Å². The summed E-state index contributed by atoms with van der Waals surface area (Å²) in [7, 11) is 0. The molecule has 1 fully saturated rings. The van der Waals surface area contributed by atoms with Gasteiger partial charge >= 0.3 is 6.18 Å². The molecule has 31 heavy (non-hydrogen) atoms. The minimum absolute atomic E-state index is 0.0235. The third-order valence-electron chi connectivity index (χ3n) is 4.70. The molecule has 3 rings (SSSR count). The molecule has 0 bridgehead atoms. The van der Waals surface area contributed by atoms with Crippen LogP contribution in [0.2, 0.25) is 10.0 Å². The lowest BCUT2D eigenvalue weighted by atomic mass is 10.2. The molecule has 0 saturated carbocycles. The van der Waals surface area contributed by atoms with Gasteiger partial charge in [-0.1, -0.05) is 23.2 Å². The number of carbonyl (C=O) groups excluding carboxylic acids is 1. The van der Waals surface area contributed by atoms with Gasteiger partial charge in [0.25, 0.3) is 5.91 Å². The second-order valence-electron chi connectivity index (χ2n) is 7.02. The molecule has 1 heterocycles. The van der Waals surface area contributed by atoms with E-state index in [4.69, 9.17) is 32.7 Å². The number of ether oxygens (including phenoxy) is 2. The van der Waals surface area contributed by atoms with Gasteiger partial charge in [0.15, 0.2) is 6.61 Å². The van der Waals surface area contributed by atoms with Gasteiger partial charge in [-0.2, -0.15) is 13.2 Å². The zero-order valence-electron chi connectivity index (χ0n) is 16.5. The summed E-state index contributed by atoms with van der Waals surface area (Å²) in [5.41, 5.74) is -0.462. The third kappa shape index (κ3) is 6.92. The number of nitrogens with zero attached hydrogens (tertiary/aromatic N) is 1. The van der Waals surface area contributed by atoms with Crippen molar-refractivity contribution in [3.05, 3.63) is 52.0 Å². The summed E-state index contributed by atoms with van der Waals surface area (Å²) in [6, 6.07) is 7.51. The monoisotopic (exact) mass is 476 g/mol. The molecule has 0 atom stereocenters. The number of rotatable bonds is 8. The van der Waals surface area contributed by atoms with Gasteiger partial charge in [0.2, 0.25) is 0 Å². The summed E-state index contributed by atoms with van der Waals surface area (Å²) >= 11 is 12.0. The molecule has 10 heteroatoms. The molecule has 1 aliphatic heterocycles. The van der Waals surface area contributed by atoms with Gasteiger partial charge in [0.1, 0.15) is 18.1 Å². The van der Waals surface area contributed by atoms with Crippen LogP contribution in [0.1, 0.15) is 18.4 Å². The fraction of sp³-hybridized carbons (Fsp3) is 0.381. The first-order valence-corrected chi connectivity index (χ1v) is 10.4. The number of alkyl halides is 3. The maximum absolute atomic E-state index is 12.7. The van der Waals surface area contributed by atoms with Crippen LogP contribution < -0.4 is 14.8 Å². The zero-order valence-corrected chi connectivity index (χ0v) is 18.0. The van der Waals surface area contributed by atoms with Gasteiger partial charge in [0, 0.05) is 12.2 Å². The molecule has 1 saturated heterocycles. The highest BCUT2D eigenvalue weighted by atomic mass is 35.5. The molecular formula is C21H21Cl2F3N2O3. The topological polar surface area (TPSA) is 50.8 Å². The molecule has 5 nitrogen and oxygen atoms in total. The zero-order chi connectivity index (χ0) is 22.4. The van der Waals surface area contributed by atoms with Crippen LogP contribution in [0.3, 0.4) is 0 Å². The second-order valence-corrected chi connectivity index (χ2v) is 7.84. The minimum atomic E-state index is -4.51. The Hall–Kier alpha value is -2.16. The number of likely N-dealkylation sites (tertiary alicyclic amines) is 1. The first-order valence-electron chi connectivity index (χ1n) is 9.66.